The largest absolute Gasteiger partial charge is 0.403 e. The molecule has 1 aromatic carbocycles. The lowest BCUT2D eigenvalue weighted by Gasteiger charge is -1.98. The second-order valence-corrected chi connectivity index (χ2v) is 5.49. The van der Waals surface area contributed by atoms with E-state index in [2.05, 4.69) is 15.5 Å². The van der Waals surface area contributed by atoms with Crippen LogP contribution >= 0.6 is 22.9 Å². The first-order chi connectivity index (χ1) is 10.2. The Balaban J connectivity index is 1.67. The van der Waals surface area contributed by atoms with Crippen molar-refractivity contribution < 1.29 is 9.21 Å². The van der Waals surface area contributed by atoms with Gasteiger partial charge in [0.05, 0.1) is 6.42 Å². The van der Waals surface area contributed by atoms with Crippen molar-refractivity contribution in [3.8, 4) is 11.5 Å². The molecule has 0 radical (unpaired) electrons. The number of benzene rings is 1. The number of rotatable bonds is 4. The van der Waals surface area contributed by atoms with E-state index in [4.69, 9.17) is 16.0 Å². The van der Waals surface area contributed by atoms with Gasteiger partial charge in [0, 0.05) is 10.6 Å². The van der Waals surface area contributed by atoms with E-state index in [0.717, 1.165) is 11.1 Å². The van der Waals surface area contributed by atoms with Crippen LogP contribution in [-0.4, -0.2) is 16.1 Å². The maximum Gasteiger partial charge on any atom is 0.322 e. The number of anilines is 1. The highest BCUT2D eigenvalue weighted by atomic mass is 35.5. The zero-order chi connectivity index (χ0) is 14.7. The number of halogens is 1. The van der Waals surface area contributed by atoms with Gasteiger partial charge in [-0.2, -0.15) is 11.3 Å². The summed E-state index contributed by atoms with van der Waals surface area (Å²) in [7, 11) is 0. The third-order valence-electron chi connectivity index (χ3n) is 2.71. The first kappa shape index (κ1) is 13.8. The van der Waals surface area contributed by atoms with Crippen LogP contribution in [0.15, 0.2) is 45.5 Å². The molecule has 0 saturated carbocycles. The molecule has 0 atom stereocenters. The molecule has 3 aromatic rings. The Morgan fingerprint density at radius 2 is 2.05 bits per heavy atom. The van der Waals surface area contributed by atoms with E-state index < -0.39 is 0 Å². The van der Waals surface area contributed by atoms with E-state index >= 15 is 0 Å². The van der Waals surface area contributed by atoms with Crippen molar-refractivity contribution in [1.82, 2.24) is 10.2 Å². The first-order valence-corrected chi connectivity index (χ1v) is 7.43. The lowest BCUT2D eigenvalue weighted by molar-refractivity contribution is -0.115. The van der Waals surface area contributed by atoms with Crippen molar-refractivity contribution in [3.63, 3.8) is 0 Å². The summed E-state index contributed by atoms with van der Waals surface area (Å²) in [5.41, 5.74) is 1.69. The van der Waals surface area contributed by atoms with Crippen molar-refractivity contribution in [1.29, 1.82) is 0 Å². The number of hydrogen-bond acceptors (Lipinski definition) is 5. The van der Waals surface area contributed by atoms with Gasteiger partial charge in [-0.15, -0.1) is 5.10 Å². The van der Waals surface area contributed by atoms with Crippen molar-refractivity contribution in [3.05, 3.63) is 51.7 Å². The zero-order valence-electron chi connectivity index (χ0n) is 10.7. The van der Waals surface area contributed by atoms with Gasteiger partial charge in [0.15, 0.2) is 0 Å². The number of nitrogens with zero attached hydrogens (tertiary/aromatic N) is 2. The monoisotopic (exact) mass is 319 g/mol. The second kappa shape index (κ2) is 6.07. The number of amides is 1. The molecule has 1 N–H and O–H groups in total. The maximum atomic E-state index is 11.8. The predicted octanol–water partition coefficient (Wildman–Crippen LogP) is 3.63. The van der Waals surface area contributed by atoms with E-state index in [9.17, 15) is 4.79 Å². The highest BCUT2D eigenvalue weighted by Crippen LogP contribution is 2.21. The Morgan fingerprint density at radius 3 is 2.76 bits per heavy atom. The molecule has 2 heterocycles. The number of nitrogens with one attached hydrogen (secondary N) is 1. The maximum absolute atomic E-state index is 11.8. The van der Waals surface area contributed by atoms with Gasteiger partial charge in [-0.25, -0.2) is 0 Å². The van der Waals surface area contributed by atoms with Crippen LogP contribution in [0.1, 0.15) is 5.56 Å². The Kier molecular flexibility index (Phi) is 3.98. The van der Waals surface area contributed by atoms with E-state index in [1.165, 1.54) is 0 Å². The van der Waals surface area contributed by atoms with Gasteiger partial charge in [-0.3, -0.25) is 10.1 Å². The summed E-state index contributed by atoms with van der Waals surface area (Å²) in [4.78, 5) is 11.8. The Morgan fingerprint density at radius 1 is 1.24 bits per heavy atom. The van der Waals surface area contributed by atoms with Crippen LogP contribution in [0.4, 0.5) is 6.01 Å². The highest BCUT2D eigenvalue weighted by Gasteiger charge is 2.11. The summed E-state index contributed by atoms with van der Waals surface area (Å²) >= 11 is 7.37. The number of thiophene rings is 1. The van der Waals surface area contributed by atoms with Crippen LogP contribution in [0, 0.1) is 0 Å². The van der Waals surface area contributed by atoms with Gasteiger partial charge in [0.2, 0.25) is 11.8 Å². The summed E-state index contributed by atoms with van der Waals surface area (Å²) in [6.07, 6.45) is 0.280. The van der Waals surface area contributed by atoms with Gasteiger partial charge in [0.1, 0.15) is 0 Å². The second-order valence-electron chi connectivity index (χ2n) is 4.28. The quantitative estimate of drug-likeness (QED) is 0.797. The predicted molar refractivity (Wildman–Crippen MR) is 81.4 cm³/mol. The molecule has 5 nitrogen and oxygen atoms in total. The molecule has 1 amide bonds. The zero-order valence-corrected chi connectivity index (χ0v) is 12.3. The Bertz CT molecular complexity index is 738. The summed E-state index contributed by atoms with van der Waals surface area (Å²) in [6, 6.07) is 8.99. The Labute approximate surface area is 129 Å². The molecule has 7 heteroatoms. The van der Waals surface area contributed by atoms with E-state index in [1.807, 2.05) is 16.8 Å². The van der Waals surface area contributed by atoms with E-state index in [-0.39, 0.29) is 18.3 Å². The van der Waals surface area contributed by atoms with Gasteiger partial charge in [-0.1, -0.05) is 16.7 Å². The average Bonchev–Trinajstić information content (AvgIpc) is 3.11. The van der Waals surface area contributed by atoms with Crippen LogP contribution in [-0.2, 0) is 11.2 Å². The summed E-state index contributed by atoms with van der Waals surface area (Å²) in [5.74, 6) is 0.136. The smallest absolute Gasteiger partial charge is 0.322 e. The molecular formula is C14H10ClN3O2S. The molecule has 0 saturated heterocycles. The fraction of sp³-hybridized carbons (Fsp3) is 0.0714. The lowest BCUT2D eigenvalue weighted by atomic mass is 10.2. The SMILES string of the molecule is O=C(Cc1ccsc1)Nc1nnc(-c2ccc(Cl)cc2)o1. The standard InChI is InChI=1S/C14H10ClN3O2S/c15-11-3-1-10(2-4-11)13-17-18-14(20-13)16-12(19)7-9-5-6-21-8-9/h1-6,8H,7H2,(H,16,18,19). The van der Waals surface area contributed by atoms with Gasteiger partial charge in [-0.05, 0) is 46.7 Å². The van der Waals surface area contributed by atoms with Crippen LogP contribution in [0.2, 0.25) is 5.02 Å². The molecule has 21 heavy (non-hydrogen) atoms. The minimum atomic E-state index is -0.195. The minimum Gasteiger partial charge on any atom is -0.403 e. The molecule has 0 unspecified atom stereocenters. The number of carbonyl (C=O) groups excluding carboxylic acids is 1. The Hall–Kier alpha value is -2.18. The van der Waals surface area contributed by atoms with E-state index in [1.54, 1.807) is 35.6 Å². The molecule has 3 rings (SSSR count). The summed E-state index contributed by atoms with van der Waals surface area (Å²) < 4.78 is 5.40. The van der Waals surface area contributed by atoms with Gasteiger partial charge in [0.25, 0.3) is 0 Å². The molecule has 106 valence electrons. The average molecular weight is 320 g/mol. The van der Waals surface area contributed by atoms with Gasteiger partial charge < -0.3 is 4.42 Å². The normalized spacial score (nSPS) is 10.5. The van der Waals surface area contributed by atoms with Crippen molar-refractivity contribution in [2.45, 2.75) is 6.42 Å². The molecule has 0 aliphatic heterocycles. The van der Waals surface area contributed by atoms with Crippen LogP contribution in [0.5, 0.6) is 0 Å². The topological polar surface area (TPSA) is 68.0 Å². The summed E-state index contributed by atoms with van der Waals surface area (Å²) in [6.45, 7) is 0. The fourth-order valence-corrected chi connectivity index (χ4v) is 2.52. The van der Waals surface area contributed by atoms with E-state index in [0.29, 0.717) is 10.9 Å². The molecule has 0 spiro atoms. The van der Waals surface area contributed by atoms with Crippen LogP contribution in [0.3, 0.4) is 0 Å². The molecule has 0 fully saturated rings. The number of aromatic nitrogens is 2. The highest BCUT2D eigenvalue weighted by molar-refractivity contribution is 7.08. The third kappa shape index (κ3) is 3.48. The van der Waals surface area contributed by atoms with Crippen LogP contribution in [0.25, 0.3) is 11.5 Å². The molecule has 0 aliphatic rings. The van der Waals surface area contributed by atoms with Crippen molar-refractivity contribution in [2.75, 3.05) is 5.32 Å². The fourth-order valence-electron chi connectivity index (χ4n) is 1.72. The van der Waals surface area contributed by atoms with Crippen molar-refractivity contribution >= 4 is 34.9 Å². The minimum absolute atomic E-state index is 0.0835. The van der Waals surface area contributed by atoms with Crippen molar-refractivity contribution in [2.24, 2.45) is 0 Å². The number of hydrogen-bond donors (Lipinski definition) is 1. The molecule has 0 aliphatic carbocycles. The van der Waals surface area contributed by atoms with Crippen LogP contribution < -0.4 is 5.32 Å². The first-order valence-electron chi connectivity index (χ1n) is 6.11. The van der Waals surface area contributed by atoms with Gasteiger partial charge >= 0.3 is 6.01 Å². The molecular weight excluding hydrogens is 310 g/mol. The lowest BCUT2D eigenvalue weighted by Crippen LogP contribution is -2.14. The molecule has 0 bridgehead atoms. The summed E-state index contributed by atoms with van der Waals surface area (Å²) in [5, 5.41) is 14.8. The number of carbonyl (C=O) groups is 1. The third-order valence-corrected chi connectivity index (χ3v) is 3.69. The molecule has 2 aromatic heterocycles.